The Morgan fingerprint density at radius 1 is 0.864 bits per heavy atom. The van der Waals surface area contributed by atoms with E-state index in [1.807, 2.05) is 60.7 Å². The summed E-state index contributed by atoms with van der Waals surface area (Å²) in [6.07, 6.45) is 0. The van der Waals surface area contributed by atoms with Crippen LogP contribution >= 0.6 is 0 Å². The molecule has 2 aromatic carbocycles. The third-order valence-electron chi connectivity index (χ3n) is 3.21. The Morgan fingerprint density at radius 3 is 1.91 bits per heavy atom. The van der Waals surface area contributed by atoms with E-state index < -0.39 is 5.92 Å². The summed E-state index contributed by atoms with van der Waals surface area (Å²) in [6, 6.07) is 19.1. The van der Waals surface area contributed by atoms with Crippen LogP contribution in [0.25, 0.3) is 0 Å². The van der Waals surface area contributed by atoms with Gasteiger partial charge in [-0.25, -0.2) is 0 Å². The van der Waals surface area contributed by atoms with Crippen LogP contribution in [-0.4, -0.2) is 37.5 Å². The lowest BCUT2D eigenvalue weighted by molar-refractivity contribution is -0.146. The number of rotatable bonds is 8. The lowest BCUT2D eigenvalue weighted by atomic mass is 9.91. The molecule has 116 valence electrons. The van der Waals surface area contributed by atoms with Crippen molar-refractivity contribution in [2.24, 2.45) is 0 Å². The van der Waals surface area contributed by atoms with Gasteiger partial charge >= 0.3 is 5.97 Å². The molecule has 0 aliphatic rings. The average molecular weight is 300 g/mol. The Balaban J connectivity index is 2.07. The van der Waals surface area contributed by atoms with Crippen molar-refractivity contribution in [3.05, 3.63) is 71.8 Å². The molecule has 0 radical (unpaired) electrons. The zero-order valence-corrected chi connectivity index (χ0v) is 12.4. The molecule has 22 heavy (non-hydrogen) atoms. The van der Waals surface area contributed by atoms with Gasteiger partial charge in [0.2, 0.25) is 0 Å². The van der Waals surface area contributed by atoms with E-state index in [9.17, 15) is 4.79 Å². The number of hydrogen-bond donors (Lipinski definition) is 1. The highest BCUT2D eigenvalue weighted by Crippen LogP contribution is 2.25. The molecule has 0 saturated heterocycles. The smallest absolute Gasteiger partial charge is 0.318 e. The lowest BCUT2D eigenvalue weighted by Crippen LogP contribution is -2.20. The van der Waals surface area contributed by atoms with Gasteiger partial charge in [0.25, 0.3) is 0 Å². The van der Waals surface area contributed by atoms with Crippen LogP contribution in [0.4, 0.5) is 0 Å². The van der Waals surface area contributed by atoms with Crippen LogP contribution < -0.4 is 0 Å². The molecule has 0 atom stereocenters. The monoisotopic (exact) mass is 300 g/mol. The molecule has 0 bridgehead atoms. The molecule has 0 spiro atoms. The molecule has 1 N–H and O–H groups in total. The highest BCUT2D eigenvalue weighted by molar-refractivity contribution is 5.82. The number of ether oxygens (including phenoxy) is 2. The number of aliphatic hydroxyl groups excluding tert-OH is 1. The number of hydrogen-bond acceptors (Lipinski definition) is 4. The molecule has 0 fully saturated rings. The van der Waals surface area contributed by atoms with Gasteiger partial charge in [0, 0.05) is 0 Å². The quantitative estimate of drug-likeness (QED) is 0.601. The average Bonchev–Trinajstić information content (AvgIpc) is 2.57. The fourth-order valence-corrected chi connectivity index (χ4v) is 2.21. The number of esters is 1. The molecule has 0 heterocycles. The molecule has 2 rings (SSSR count). The van der Waals surface area contributed by atoms with Crippen LogP contribution in [0.1, 0.15) is 17.0 Å². The Kier molecular flexibility index (Phi) is 6.61. The maximum absolute atomic E-state index is 12.4. The molecule has 0 aliphatic heterocycles. The van der Waals surface area contributed by atoms with E-state index >= 15 is 0 Å². The number of carbonyl (C=O) groups excluding carboxylic acids is 1. The summed E-state index contributed by atoms with van der Waals surface area (Å²) in [5.74, 6) is -0.745. The maximum Gasteiger partial charge on any atom is 0.318 e. The molecule has 0 aromatic heterocycles. The summed E-state index contributed by atoms with van der Waals surface area (Å²) in [6.45, 7) is 0.667. The van der Waals surface area contributed by atoms with Crippen LogP contribution in [0.5, 0.6) is 0 Å². The van der Waals surface area contributed by atoms with Gasteiger partial charge in [-0.15, -0.1) is 0 Å². The van der Waals surface area contributed by atoms with Gasteiger partial charge in [0.15, 0.2) is 0 Å². The molecule has 4 heteroatoms. The van der Waals surface area contributed by atoms with Gasteiger partial charge in [0.05, 0.1) is 19.8 Å². The van der Waals surface area contributed by atoms with E-state index in [4.69, 9.17) is 14.6 Å². The Morgan fingerprint density at radius 2 is 1.41 bits per heavy atom. The molecule has 4 nitrogen and oxygen atoms in total. The SMILES string of the molecule is O=C(OCCOCCO)C(c1ccccc1)c1ccccc1. The second-order valence-corrected chi connectivity index (χ2v) is 4.76. The van der Waals surface area contributed by atoms with Crippen LogP contribution in [0, 0.1) is 0 Å². The first kappa shape index (κ1) is 16.2. The van der Waals surface area contributed by atoms with Gasteiger partial charge in [0.1, 0.15) is 12.5 Å². The molecule has 2 aromatic rings. The number of benzene rings is 2. The summed E-state index contributed by atoms with van der Waals surface area (Å²) in [7, 11) is 0. The summed E-state index contributed by atoms with van der Waals surface area (Å²) in [5, 5.41) is 8.63. The van der Waals surface area contributed by atoms with Crippen molar-refractivity contribution in [2.75, 3.05) is 26.4 Å². The lowest BCUT2D eigenvalue weighted by Gasteiger charge is -2.17. The fourth-order valence-electron chi connectivity index (χ4n) is 2.21. The Labute approximate surface area is 130 Å². The van der Waals surface area contributed by atoms with Crippen molar-refractivity contribution in [2.45, 2.75) is 5.92 Å². The molecule has 0 saturated carbocycles. The molecular weight excluding hydrogens is 280 g/mol. The zero-order chi connectivity index (χ0) is 15.6. The minimum Gasteiger partial charge on any atom is -0.463 e. The summed E-state index contributed by atoms with van der Waals surface area (Å²) < 4.78 is 10.4. The van der Waals surface area contributed by atoms with Gasteiger partial charge in [-0.3, -0.25) is 4.79 Å². The van der Waals surface area contributed by atoms with E-state index in [-0.39, 0.29) is 32.4 Å². The van der Waals surface area contributed by atoms with Crippen molar-refractivity contribution in [3.63, 3.8) is 0 Å². The van der Waals surface area contributed by atoms with Gasteiger partial charge in [-0.1, -0.05) is 60.7 Å². The third-order valence-corrected chi connectivity index (χ3v) is 3.21. The topological polar surface area (TPSA) is 55.8 Å². The highest BCUT2D eigenvalue weighted by Gasteiger charge is 2.23. The van der Waals surface area contributed by atoms with Crippen molar-refractivity contribution < 1.29 is 19.4 Å². The van der Waals surface area contributed by atoms with E-state index in [0.29, 0.717) is 0 Å². The Hall–Kier alpha value is -2.17. The molecule has 0 unspecified atom stereocenters. The van der Waals surface area contributed by atoms with Crippen molar-refractivity contribution in [1.82, 2.24) is 0 Å². The van der Waals surface area contributed by atoms with Crippen LogP contribution in [0.3, 0.4) is 0 Å². The van der Waals surface area contributed by atoms with Gasteiger partial charge < -0.3 is 14.6 Å². The zero-order valence-electron chi connectivity index (χ0n) is 12.4. The highest BCUT2D eigenvalue weighted by atomic mass is 16.6. The maximum atomic E-state index is 12.4. The van der Waals surface area contributed by atoms with Gasteiger partial charge in [-0.2, -0.15) is 0 Å². The normalized spacial score (nSPS) is 10.6. The van der Waals surface area contributed by atoms with Gasteiger partial charge in [-0.05, 0) is 11.1 Å². The molecular formula is C18H20O4. The van der Waals surface area contributed by atoms with E-state index in [2.05, 4.69) is 0 Å². The predicted molar refractivity (Wildman–Crippen MR) is 83.6 cm³/mol. The Bertz CT molecular complexity index is 514. The molecule has 0 amide bonds. The summed E-state index contributed by atoms with van der Waals surface area (Å²) >= 11 is 0. The van der Waals surface area contributed by atoms with Crippen molar-refractivity contribution >= 4 is 5.97 Å². The second kappa shape index (κ2) is 8.97. The van der Waals surface area contributed by atoms with Crippen LogP contribution in [0.15, 0.2) is 60.7 Å². The van der Waals surface area contributed by atoms with Crippen LogP contribution in [-0.2, 0) is 14.3 Å². The second-order valence-electron chi connectivity index (χ2n) is 4.76. The standard InChI is InChI=1S/C18H20O4/c19-11-12-21-13-14-22-18(20)17(15-7-3-1-4-8-15)16-9-5-2-6-10-16/h1-10,17,19H,11-14H2. The minimum absolute atomic E-state index is 0.0371. The fraction of sp³-hybridized carbons (Fsp3) is 0.278. The van der Waals surface area contributed by atoms with Crippen molar-refractivity contribution in [3.8, 4) is 0 Å². The molecule has 0 aliphatic carbocycles. The predicted octanol–water partition coefficient (Wildman–Crippen LogP) is 2.37. The first-order valence-electron chi connectivity index (χ1n) is 7.28. The largest absolute Gasteiger partial charge is 0.463 e. The summed E-state index contributed by atoms with van der Waals surface area (Å²) in [5.41, 5.74) is 1.80. The van der Waals surface area contributed by atoms with Crippen LogP contribution in [0.2, 0.25) is 0 Å². The first-order valence-corrected chi connectivity index (χ1v) is 7.28. The van der Waals surface area contributed by atoms with E-state index in [0.717, 1.165) is 11.1 Å². The van der Waals surface area contributed by atoms with E-state index in [1.165, 1.54) is 0 Å². The number of carbonyl (C=O) groups is 1. The van der Waals surface area contributed by atoms with E-state index in [1.54, 1.807) is 0 Å². The number of aliphatic hydroxyl groups is 1. The van der Waals surface area contributed by atoms with Crippen molar-refractivity contribution in [1.29, 1.82) is 0 Å². The minimum atomic E-state index is -0.444. The summed E-state index contributed by atoms with van der Waals surface area (Å²) in [4.78, 5) is 12.4. The third kappa shape index (κ3) is 4.69. The first-order chi connectivity index (χ1) is 10.8.